The smallest absolute Gasteiger partial charge is 0.247 e. The van der Waals surface area contributed by atoms with Gasteiger partial charge in [0.1, 0.15) is 5.82 Å². The molecule has 5 heteroatoms. The molecule has 1 N–H and O–H groups in total. The van der Waals surface area contributed by atoms with Gasteiger partial charge < -0.3 is 10.2 Å². The third-order valence-electron chi connectivity index (χ3n) is 4.62. The van der Waals surface area contributed by atoms with Crippen LogP contribution in [0.15, 0.2) is 54.6 Å². The lowest BCUT2D eigenvalue weighted by atomic mass is 10.1. The van der Waals surface area contributed by atoms with E-state index in [-0.39, 0.29) is 29.7 Å². The maximum Gasteiger partial charge on any atom is 0.247 e. The largest absolute Gasteiger partial charge is 0.329 e. The van der Waals surface area contributed by atoms with Gasteiger partial charge in [0.05, 0.1) is 6.04 Å². The van der Waals surface area contributed by atoms with Gasteiger partial charge in [0.25, 0.3) is 0 Å². The molecule has 27 heavy (non-hydrogen) atoms. The summed E-state index contributed by atoms with van der Waals surface area (Å²) < 4.78 is 14.1. The normalized spacial score (nSPS) is 14.8. The van der Waals surface area contributed by atoms with Crippen molar-refractivity contribution in [2.75, 3.05) is 5.32 Å². The average Bonchev–Trinajstić information content (AvgIpc) is 3.46. The van der Waals surface area contributed by atoms with Gasteiger partial charge in [0, 0.05) is 30.3 Å². The molecule has 1 atom stereocenters. The van der Waals surface area contributed by atoms with Gasteiger partial charge in [0.2, 0.25) is 11.8 Å². The maximum atomic E-state index is 14.1. The van der Waals surface area contributed by atoms with Gasteiger partial charge in [-0.25, -0.2) is 4.39 Å². The molecule has 2 aromatic rings. The molecule has 140 valence electrons. The standard InChI is InChI=1S/C22H23FN2O2/c1-15(20-5-3-4-6-21(20)23)25(19-12-13-19)22(27)14-9-17-7-10-18(11-8-17)24-16(2)26/h3-11,14-15,19H,12-13H2,1-2H3,(H,24,26)/b14-9+. The van der Waals surface area contributed by atoms with Crippen LogP contribution in [-0.4, -0.2) is 22.8 Å². The SMILES string of the molecule is CC(=O)Nc1ccc(/C=C/C(=O)N(C2CC2)C(C)c2ccccc2F)cc1. The highest BCUT2D eigenvalue weighted by Crippen LogP contribution is 2.35. The third kappa shape index (κ3) is 4.82. The first-order valence-electron chi connectivity index (χ1n) is 9.08. The van der Waals surface area contributed by atoms with E-state index < -0.39 is 0 Å². The lowest BCUT2D eigenvalue weighted by Gasteiger charge is -2.29. The van der Waals surface area contributed by atoms with Crippen molar-refractivity contribution in [3.8, 4) is 0 Å². The van der Waals surface area contributed by atoms with Crippen LogP contribution >= 0.6 is 0 Å². The highest BCUT2D eigenvalue weighted by atomic mass is 19.1. The fraction of sp³-hybridized carbons (Fsp3) is 0.273. The second kappa shape index (κ2) is 8.16. The summed E-state index contributed by atoms with van der Waals surface area (Å²) in [6.45, 7) is 3.32. The summed E-state index contributed by atoms with van der Waals surface area (Å²) in [6.07, 6.45) is 5.17. The zero-order valence-electron chi connectivity index (χ0n) is 15.5. The first-order chi connectivity index (χ1) is 13.0. The van der Waals surface area contributed by atoms with E-state index in [1.54, 1.807) is 41.3 Å². The quantitative estimate of drug-likeness (QED) is 0.763. The van der Waals surface area contributed by atoms with Crippen molar-refractivity contribution < 1.29 is 14.0 Å². The molecule has 0 aromatic heterocycles. The van der Waals surface area contributed by atoms with E-state index >= 15 is 0 Å². The van der Waals surface area contributed by atoms with E-state index in [4.69, 9.17) is 0 Å². The summed E-state index contributed by atoms with van der Waals surface area (Å²) in [7, 11) is 0. The number of halogens is 1. The average molecular weight is 366 g/mol. The summed E-state index contributed by atoms with van der Waals surface area (Å²) in [5.41, 5.74) is 2.09. The highest BCUT2D eigenvalue weighted by molar-refractivity contribution is 5.93. The number of hydrogen-bond acceptors (Lipinski definition) is 2. The molecule has 1 aliphatic rings. The molecule has 0 spiro atoms. The molecule has 2 amide bonds. The summed E-state index contributed by atoms with van der Waals surface area (Å²) >= 11 is 0. The van der Waals surface area contributed by atoms with Crippen LogP contribution in [0.2, 0.25) is 0 Å². The Bertz CT molecular complexity index is 857. The molecule has 1 aliphatic carbocycles. The molecule has 0 saturated heterocycles. The fourth-order valence-corrected chi connectivity index (χ4v) is 3.14. The van der Waals surface area contributed by atoms with Crippen LogP contribution in [0.1, 0.15) is 43.9 Å². The van der Waals surface area contributed by atoms with E-state index in [0.717, 1.165) is 18.4 Å². The van der Waals surface area contributed by atoms with E-state index in [1.807, 2.05) is 19.1 Å². The van der Waals surface area contributed by atoms with E-state index in [2.05, 4.69) is 5.32 Å². The zero-order valence-corrected chi connectivity index (χ0v) is 15.5. The molecule has 0 radical (unpaired) electrons. The summed E-state index contributed by atoms with van der Waals surface area (Å²) in [6, 6.07) is 13.7. The van der Waals surface area contributed by atoms with Crippen molar-refractivity contribution in [2.24, 2.45) is 0 Å². The lowest BCUT2D eigenvalue weighted by molar-refractivity contribution is -0.128. The molecule has 3 rings (SSSR count). The minimum absolute atomic E-state index is 0.126. The second-order valence-electron chi connectivity index (χ2n) is 6.81. The van der Waals surface area contributed by atoms with Crippen LogP contribution in [0, 0.1) is 5.82 Å². The van der Waals surface area contributed by atoms with Gasteiger partial charge >= 0.3 is 0 Å². The molecule has 0 heterocycles. The Morgan fingerprint density at radius 2 is 1.81 bits per heavy atom. The summed E-state index contributed by atoms with van der Waals surface area (Å²) in [5, 5.41) is 2.70. The van der Waals surface area contributed by atoms with Gasteiger partial charge in [-0.3, -0.25) is 9.59 Å². The minimum atomic E-state index is -0.321. The predicted octanol–water partition coefficient (Wildman–Crippen LogP) is 4.55. The molecule has 4 nitrogen and oxygen atoms in total. The summed E-state index contributed by atoms with van der Waals surface area (Å²) in [5.74, 6) is -0.546. The highest BCUT2D eigenvalue weighted by Gasteiger charge is 2.36. The number of hydrogen-bond donors (Lipinski definition) is 1. The molecule has 0 bridgehead atoms. The van der Waals surface area contributed by atoms with Crippen molar-refractivity contribution >= 4 is 23.6 Å². The van der Waals surface area contributed by atoms with Crippen molar-refractivity contribution in [2.45, 2.75) is 38.8 Å². The number of amides is 2. The third-order valence-corrected chi connectivity index (χ3v) is 4.62. The molecular weight excluding hydrogens is 343 g/mol. The zero-order chi connectivity index (χ0) is 19.4. The van der Waals surface area contributed by atoms with Gasteiger partial charge in [-0.1, -0.05) is 30.3 Å². The molecule has 0 aliphatic heterocycles. The van der Waals surface area contributed by atoms with Crippen LogP contribution < -0.4 is 5.32 Å². The number of carbonyl (C=O) groups excluding carboxylic acids is 2. The van der Waals surface area contributed by atoms with Gasteiger partial charge in [0.15, 0.2) is 0 Å². The Morgan fingerprint density at radius 3 is 2.41 bits per heavy atom. The Labute approximate surface area is 158 Å². The Kier molecular flexibility index (Phi) is 5.69. The Morgan fingerprint density at radius 1 is 1.15 bits per heavy atom. The minimum Gasteiger partial charge on any atom is -0.329 e. The predicted molar refractivity (Wildman–Crippen MR) is 104 cm³/mol. The van der Waals surface area contributed by atoms with E-state index in [1.165, 1.54) is 19.1 Å². The maximum absolute atomic E-state index is 14.1. The molecular formula is C22H23FN2O2. The van der Waals surface area contributed by atoms with Gasteiger partial charge in [-0.2, -0.15) is 0 Å². The molecule has 1 saturated carbocycles. The van der Waals surface area contributed by atoms with Crippen LogP contribution in [0.25, 0.3) is 6.08 Å². The number of carbonyl (C=O) groups is 2. The van der Waals surface area contributed by atoms with Crippen molar-refractivity contribution in [1.29, 1.82) is 0 Å². The second-order valence-corrected chi connectivity index (χ2v) is 6.81. The monoisotopic (exact) mass is 366 g/mol. The lowest BCUT2D eigenvalue weighted by Crippen LogP contribution is -2.34. The first-order valence-corrected chi connectivity index (χ1v) is 9.08. The van der Waals surface area contributed by atoms with Crippen molar-refractivity contribution in [1.82, 2.24) is 4.90 Å². The van der Waals surface area contributed by atoms with Gasteiger partial charge in [-0.05, 0) is 49.6 Å². The van der Waals surface area contributed by atoms with Gasteiger partial charge in [-0.15, -0.1) is 0 Å². The van der Waals surface area contributed by atoms with Crippen molar-refractivity contribution in [3.63, 3.8) is 0 Å². The van der Waals surface area contributed by atoms with E-state index in [0.29, 0.717) is 11.3 Å². The Balaban J connectivity index is 1.73. The van der Waals surface area contributed by atoms with Crippen LogP contribution in [0.5, 0.6) is 0 Å². The molecule has 1 fully saturated rings. The van der Waals surface area contributed by atoms with Crippen LogP contribution in [0.3, 0.4) is 0 Å². The number of benzene rings is 2. The number of nitrogens with zero attached hydrogens (tertiary/aromatic N) is 1. The van der Waals surface area contributed by atoms with Crippen LogP contribution in [-0.2, 0) is 9.59 Å². The van der Waals surface area contributed by atoms with E-state index in [9.17, 15) is 14.0 Å². The number of nitrogens with one attached hydrogen (secondary N) is 1. The van der Waals surface area contributed by atoms with Crippen molar-refractivity contribution in [3.05, 3.63) is 71.6 Å². The molecule has 2 aromatic carbocycles. The van der Waals surface area contributed by atoms with Crippen LogP contribution in [0.4, 0.5) is 10.1 Å². The topological polar surface area (TPSA) is 49.4 Å². The number of rotatable bonds is 6. The first kappa shape index (κ1) is 18.8. The Hall–Kier alpha value is -2.95. The number of anilines is 1. The fourth-order valence-electron chi connectivity index (χ4n) is 3.14. The molecule has 1 unspecified atom stereocenters. The summed E-state index contributed by atoms with van der Waals surface area (Å²) in [4.78, 5) is 25.6.